The fourth-order valence-corrected chi connectivity index (χ4v) is 4.23. The zero-order valence-corrected chi connectivity index (χ0v) is 16.5. The highest BCUT2D eigenvalue weighted by Crippen LogP contribution is 2.35. The van der Waals surface area contributed by atoms with E-state index in [2.05, 4.69) is 0 Å². The number of imide groups is 1. The molecule has 2 aromatic carbocycles. The van der Waals surface area contributed by atoms with Gasteiger partial charge in [-0.05, 0) is 31.0 Å². The van der Waals surface area contributed by atoms with Crippen LogP contribution < -0.4 is 10.0 Å². The van der Waals surface area contributed by atoms with E-state index in [0.29, 0.717) is 16.0 Å². The van der Waals surface area contributed by atoms with Crippen molar-refractivity contribution in [2.75, 3.05) is 6.54 Å². The van der Waals surface area contributed by atoms with Crippen LogP contribution in [0, 0.1) is 6.92 Å². The molecule has 2 N–H and O–H groups in total. The summed E-state index contributed by atoms with van der Waals surface area (Å²) in [7, 11) is -4.78. The Bertz CT molecular complexity index is 1060. The van der Waals surface area contributed by atoms with Crippen LogP contribution in [0.15, 0.2) is 59.5 Å². The second-order valence-electron chi connectivity index (χ2n) is 6.79. The van der Waals surface area contributed by atoms with E-state index < -0.39 is 38.7 Å². The Hall–Kier alpha value is -2.92. The van der Waals surface area contributed by atoms with Gasteiger partial charge in [-0.15, -0.1) is 0 Å². The molecule has 2 aromatic rings. The number of carbonyl (C=O) groups excluding carboxylic acids is 2. The van der Waals surface area contributed by atoms with Crippen LogP contribution in [0.5, 0.6) is 0 Å². The number of hydrogen-bond donors (Lipinski definition) is 2. The van der Waals surface area contributed by atoms with Crippen LogP contribution in [0.1, 0.15) is 11.1 Å². The number of carbonyl (C=O) groups is 2. The zero-order chi connectivity index (χ0) is 22.2. The van der Waals surface area contributed by atoms with Crippen molar-refractivity contribution in [3.8, 4) is 0 Å². The van der Waals surface area contributed by atoms with Gasteiger partial charge in [-0.25, -0.2) is 13.2 Å². The Morgan fingerprint density at radius 3 is 2.20 bits per heavy atom. The number of aryl methyl sites for hydroxylation is 1. The maximum atomic E-state index is 13.9. The second-order valence-corrected chi connectivity index (χ2v) is 8.47. The summed E-state index contributed by atoms with van der Waals surface area (Å²) in [4.78, 5) is 24.7. The van der Waals surface area contributed by atoms with Crippen molar-refractivity contribution in [1.29, 1.82) is 0 Å². The van der Waals surface area contributed by atoms with Crippen LogP contribution in [-0.4, -0.2) is 43.6 Å². The Morgan fingerprint density at radius 1 is 1.03 bits per heavy atom. The highest BCUT2D eigenvalue weighted by atomic mass is 32.2. The van der Waals surface area contributed by atoms with Crippen molar-refractivity contribution in [2.24, 2.45) is 0 Å². The Labute approximate surface area is 170 Å². The van der Waals surface area contributed by atoms with Crippen LogP contribution in [0.25, 0.3) is 0 Å². The van der Waals surface area contributed by atoms with Crippen molar-refractivity contribution >= 4 is 22.0 Å². The Kier molecular flexibility index (Phi) is 5.61. The maximum Gasteiger partial charge on any atom is 0.435 e. The summed E-state index contributed by atoms with van der Waals surface area (Å²) >= 11 is 0. The SMILES string of the molecule is Cc1ccc(S(=O)(=O)N[C@@]2(C(F)(F)F)NC(=O)N(CCc3ccccc3)C2=O)cc1. The van der Waals surface area contributed by atoms with E-state index in [9.17, 15) is 31.2 Å². The molecule has 0 aromatic heterocycles. The van der Waals surface area contributed by atoms with E-state index in [1.54, 1.807) is 37.3 Å². The van der Waals surface area contributed by atoms with Crippen LogP contribution in [0.2, 0.25) is 0 Å². The highest BCUT2D eigenvalue weighted by Gasteiger charge is 2.69. The molecule has 1 heterocycles. The quantitative estimate of drug-likeness (QED) is 0.673. The first-order valence-corrected chi connectivity index (χ1v) is 10.3. The lowest BCUT2D eigenvalue weighted by Crippen LogP contribution is -2.69. The van der Waals surface area contributed by atoms with E-state index >= 15 is 0 Å². The Balaban J connectivity index is 1.91. The molecule has 0 unspecified atom stereocenters. The van der Waals surface area contributed by atoms with Gasteiger partial charge in [-0.1, -0.05) is 48.0 Å². The third kappa shape index (κ3) is 4.03. The normalized spacial score (nSPS) is 19.8. The molecule has 0 spiro atoms. The van der Waals surface area contributed by atoms with E-state index in [-0.39, 0.29) is 13.0 Å². The van der Waals surface area contributed by atoms with Gasteiger partial charge in [0.05, 0.1) is 4.90 Å². The summed E-state index contributed by atoms with van der Waals surface area (Å²) in [6.07, 6.45) is -5.31. The minimum Gasteiger partial charge on any atom is -0.303 e. The van der Waals surface area contributed by atoms with Gasteiger partial charge in [-0.2, -0.15) is 17.9 Å². The summed E-state index contributed by atoms with van der Waals surface area (Å²) in [6.45, 7) is 1.32. The number of urea groups is 1. The van der Waals surface area contributed by atoms with Gasteiger partial charge in [0.1, 0.15) is 0 Å². The van der Waals surface area contributed by atoms with Crippen LogP contribution in [0.4, 0.5) is 18.0 Å². The van der Waals surface area contributed by atoms with Crippen LogP contribution in [-0.2, 0) is 21.2 Å². The van der Waals surface area contributed by atoms with E-state index in [1.165, 1.54) is 22.2 Å². The molecular formula is C19H18F3N3O4S. The number of halogens is 3. The third-order valence-electron chi connectivity index (χ3n) is 4.62. The van der Waals surface area contributed by atoms with Crippen molar-refractivity contribution in [3.05, 3.63) is 65.7 Å². The molecule has 160 valence electrons. The van der Waals surface area contributed by atoms with Crippen molar-refractivity contribution < 1.29 is 31.2 Å². The summed E-state index contributed by atoms with van der Waals surface area (Å²) in [6, 6.07) is 12.2. The van der Waals surface area contributed by atoms with E-state index in [1.807, 2.05) is 0 Å². The first-order valence-electron chi connectivity index (χ1n) is 8.82. The first kappa shape index (κ1) is 21.8. The van der Waals surface area contributed by atoms with Gasteiger partial charge in [-0.3, -0.25) is 9.69 Å². The summed E-state index contributed by atoms with van der Waals surface area (Å²) in [5.74, 6) is -1.73. The molecular weight excluding hydrogens is 423 g/mol. The number of benzene rings is 2. The predicted octanol–water partition coefficient (Wildman–Crippen LogP) is 2.33. The number of nitrogens with zero attached hydrogens (tertiary/aromatic N) is 1. The third-order valence-corrected chi connectivity index (χ3v) is 6.08. The molecule has 1 atom stereocenters. The van der Waals surface area contributed by atoms with Crippen LogP contribution in [0.3, 0.4) is 0 Å². The molecule has 1 fully saturated rings. The smallest absolute Gasteiger partial charge is 0.303 e. The van der Waals surface area contributed by atoms with Gasteiger partial charge in [0.15, 0.2) is 0 Å². The van der Waals surface area contributed by atoms with Gasteiger partial charge >= 0.3 is 12.2 Å². The molecule has 1 aliphatic heterocycles. The number of nitrogens with one attached hydrogen (secondary N) is 2. The lowest BCUT2D eigenvalue weighted by atomic mass is 10.1. The van der Waals surface area contributed by atoms with Crippen molar-refractivity contribution in [3.63, 3.8) is 0 Å². The number of sulfonamides is 1. The summed E-state index contributed by atoms with van der Waals surface area (Å²) < 4.78 is 68.2. The number of amides is 3. The number of rotatable bonds is 6. The molecule has 11 heteroatoms. The highest BCUT2D eigenvalue weighted by molar-refractivity contribution is 7.89. The molecule has 0 bridgehead atoms. The molecule has 7 nitrogen and oxygen atoms in total. The summed E-state index contributed by atoms with van der Waals surface area (Å²) in [5, 5.41) is 1.50. The lowest BCUT2D eigenvalue weighted by molar-refractivity contribution is -0.198. The van der Waals surface area contributed by atoms with Gasteiger partial charge in [0.2, 0.25) is 10.0 Å². The summed E-state index contributed by atoms with van der Waals surface area (Å²) in [5.41, 5.74) is -2.40. The minimum absolute atomic E-state index is 0.110. The number of alkyl halides is 3. The second kappa shape index (κ2) is 7.73. The minimum atomic E-state index is -5.42. The molecule has 3 amide bonds. The maximum absolute atomic E-state index is 13.9. The monoisotopic (exact) mass is 441 g/mol. The first-order chi connectivity index (χ1) is 14.0. The molecule has 30 heavy (non-hydrogen) atoms. The molecule has 3 rings (SSSR count). The van der Waals surface area contributed by atoms with Crippen LogP contribution >= 0.6 is 0 Å². The standard InChI is InChI=1S/C19H18F3N3O4S/c1-13-7-9-15(10-8-13)30(28,29)24-18(19(20,21)22)16(26)25(17(27)23-18)12-11-14-5-3-2-4-6-14/h2-10,24H,11-12H2,1H3,(H,23,27)/t18-/m0/s1. The lowest BCUT2D eigenvalue weighted by Gasteiger charge is -2.29. The average molecular weight is 441 g/mol. The van der Waals surface area contributed by atoms with Gasteiger partial charge < -0.3 is 5.32 Å². The molecule has 0 radical (unpaired) electrons. The van der Waals surface area contributed by atoms with Crippen molar-refractivity contribution in [1.82, 2.24) is 14.9 Å². The fourth-order valence-electron chi connectivity index (χ4n) is 2.96. The van der Waals surface area contributed by atoms with E-state index in [0.717, 1.165) is 12.1 Å². The topological polar surface area (TPSA) is 95.6 Å². The Morgan fingerprint density at radius 2 is 1.63 bits per heavy atom. The van der Waals surface area contributed by atoms with Gasteiger partial charge in [0, 0.05) is 6.54 Å². The average Bonchev–Trinajstić information content (AvgIpc) is 2.91. The molecule has 1 saturated heterocycles. The number of hydrogen-bond acceptors (Lipinski definition) is 4. The predicted molar refractivity (Wildman–Crippen MR) is 101 cm³/mol. The molecule has 1 aliphatic rings. The molecule has 0 aliphatic carbocycles. The molecule has 0 saturated carbocycles. The largest absolute Gasteiger partial charge is 0.435 e. The van der Waals surface area contributed by atoms with Gasteiger partial charge in [0.25, 0.3) is 11.6 Å². The van der Waals surface area contributed by atoms with Crippen molar-refractivity contribution in [2.45, 2.75) is 30.1 Å². The zero-order valence-electron chi connectivity index (χ0n) is 15.7. The fraction of sp³-hybridized carbons (Fsp3) is 0.263. The van der Waals surface area contributed by atoms with E-state index in [4.69, 9.17) is 0 Å².